The monoisotopic (exact) mass is 344 g/mol. The van der Waals surface area contributed by atoms with Crippen molar-refractivity contribution in [1.29, 1.82) is 0 Å². The molecule has 8 nitrogen and oxygen atoms in total. The van der Waals surface area contributed by atoms with E-state index in [1.165, 1.54) is 5.69 Å². The average molecular weight is 344 g/mol. The molecule has 0 radical (unpaired) electrons. The molecule has 8 heteroatoms. The van der Waals surface area contributed by atoms with Gasteiger partial charge in [0.15, 0.2) is 5.82 Å². The van der Waals surface area contributed by atoms with Gasteiger partial charge in [-0.3, -0.25) is 4.68 Å². The van der Waals surface area contributed by atoms with Crippen molar-refractivity contribution in [3.63, 3.8) is 0 Å². The third-order valence-corrected chi connectivity index (χ3v) is 5.29. The standard InChI is InChI=1S/C17H24N6O2/c1-11-19-16(21-25-11)12-5-4-8-23(10-12)17(24)20-14-6-3-7-15-13(14)9-18-22(15)2/h9,12,14H,3-8,10H2,1-2H3,(H,20,24)/t12-,14-/m0/s1. The number of carbonyl (C=O) groups excluding carboxylic acids is 1. The molecular weight excluding hydrogens is 320 g/mol. The van der Waals surface area contributed by atoms with Crippen LogP contribution in [0.15, 0.2) is 10.7 Å². The second-order valence-electron chi connectivity index (χ2n) is 7.02. The van der Waals surface area contributed by atoms with E-state index in [0.29, 0.717) is 18.3 Å². The van der Waals surface area contributed by atoms with Gasteiger partial charge >= 0.3 is 6.03 Å². The first kappa shape index (κ1) is 16.1. The number of aromatic nitrogens is 4. The van der Waals surface area contributed by atoms with Gasteiger partial charge in [0.05, 0.1) is 12.2 Å². The van der Waals surface area contributed by atoms with Crippen LogP contribution in [0.4, 0.5) is 4.79 Å². The van der Waals surface area contributed by atoms with E-state index in [9.17, 15) is 4.79 Å². The maximum atomic E-state index is 12.8. The van der Waals surface area contributed by atoms with E-state index in [0.717, 1.165) is 44.2 Å². The lowest BCUT2D eigenvalue weighted by molar-refractivity contribution is 0.172. The molecule has 2 aromatic heterocycles. The van der Waals surface area contributed by atoms with Gasteiger partial charge in [-0.25, -0.2) is 4.79 Å². The van der Waals surface area contributed by atoms with Gasteiger partial charge in [-0.05, 0) is 32.1 Å². The Kier molecular flexibility index (Phi) is 4.19. The quantitative estimate of drug-likeness (QED) is 0.901. The fourth-order valence-corrected chi connectivity index (χ4v) is 3.95. The molecule has 1 aliphatic heterocycles. The molecular formula is C17H24N6O2. The molecule has 0 unspecified atom stereocenters. The zero-order valence-electron chi connectivity index (χ0n) is 14.7. The number of aryl methyl sites for hydroxylation is 2. The maximum Gasteiger partial charge on any atom is 0.317 e. The summed E-state index contributed by atoms with van der Waals surface area (Å²) in [6.45, 7) is 3.20. The predicted molar refractivity (Wildman–Crippen MR) is 90.0 cm³/mol. The molecule has 1 N–H and O–H groups in total. The Balaban J connectivity index is 1.43. The van der Waals surface area contributed by atoms with Gasteiger partial charge in [-0.2, -0.15) is 10.1 Å². The molecule has 4 rings (SSSR count). The number of likely N-dealkylation sites (tertiary alicyclic amines) is 1. The summed E-state index contributed by atoms with van der Waals surface area (Å²) in [7, 11) is 1.96. The molecule has 0 saturated carbocycles. The summed E-state index contributed by atoms with van der Waals surface area (Å²) in [6, 6.07) is 0.0457. The van der Waals surface area contributed by atoms with Crippen molar-refractivity contribution < 1.29 is 9.32 Å². The van der Waals surface area contributed by atoms with Gasteiger partial charge < -0.3 is 14.7 Å². The summed E-state index contributed by atoms with van der Waals surface area (Å²) >= 11 is 0. The SMILES string of the molecule is Cc1nc([C@H]2CCCN(C(=O)N[C@H]3CCCc4c3cnn4C)C2)no1. The van der Waals surface area contributed by atoms with Crippen LogP contribution < -0.4 is 5.32 Å². The number of nitrogens with zero attached hydrogens (tertiary/aromatic N) is 5. The van der Waals surface area contributed by atoms with Crippen LogP contribution in [0.3, 0.4) is 0 Å². The van der Waals surface area contributed by atoms with E-state index in [1.54, 1.807) is 6.92 Å². The van der Waals surface area contributed by atoms with Crippen molar-refractivity contribution in [2.24, 2.45) is 7.05 Å². The molecule has 25 heavy (non-hydrogen) atoms. The third kappa shape index (κ3) is 3.12. The number of urea groups is 1. The van der Waals surface area contributed by atoms with Crippen molar-refractivity contribution in [1.82, 2.24) is 30.1 Å². The van der Waals surface area contributed by atoms with Crippen molar-refractivity contribution in [3.05, 3.63) is 29.2 Å². The van der Waals surface area contributed by atoms with E-state index in [-0.39, 0.29) is 18.0 Å². The molecule has 2 aliphatic rings. The Labute approximate surface area is 146 Å². The van der Waals surface area contributed by atoms with Crippen LogP contribution in [0.25, 0.3) is 0 Å². The minimum Gasteiger partial charge on any atom is -0.340 e. The van der Waals surface area contributed by atoms with Crippen molar-refractivity contribution >= 4 is 6.03 Å². The van der Waals surface area contributed by atoms with Gasteiger partial charge in [-0.15, -0.1) is 0 Å². The smallest absolute Gasteiger partial charge is 0.317 e. The van der Waals surface area contributed by atoms with Crippen LogP contribution in [0, 0.1) is 6.92 Å². The lowest BCUT2D eigenvalue weighted by Crippen LogP contribution is -2.46. The average Bonchev–Trinajstić information content (AvgIpc) is 3.22. The highest BCUT2D eigenvalue weighted by molar-refractivity contribution is 5.75. The number of carbonyl (C=O) groups is 1. The molecule has 0 bridgehead atoms. The molecule has 2 amide bonds. The molecule has 2 aromatic rings. The van der Waals surface area contributed by atoms with Crippen LogP contribution in [-0.4, -0.2) is 43.9 Å². The minimum absolute atomic E-state index is 0.00776. The number of nitrogens with one attached hydrogen (secondary N) is 1. The van der Waals surface area contributed by atoms with Gasteiger partial charge in [-0.1, -0.05) is 5.16 Å². The summed E-state index contributed by atoms with van der Waals surface area (Å²) in [6.07, 6.45) is 6.89. The lowest BCUT2D eigenvalue weighted by atomic mass is 9.93. The third-order valence-electron chi connectivity index (χ3n) is 5.29. The van der Waals surface area contributed by atoms with Gasteiger partial charge in [0, 0.05) is 44.2 Å². The summed E-state index contributed by atoms with van der Waals surface area (Å²) in [5.74, 6) is 1.43. The number of fused-ring (bicyclic) bond motifs is 1. The molecule has 1 saturated heterocycles. The second kappa shape index (κ2) is 6.50. The van der Waals surface area contributed by atoms with Crippen LogP contribution in [0.1, 0.15) is 60.6 Å². The van der Waals surface area contributed by atoms with Crippen molar-refractivity contribution in [3.8, 4) is 0 Å². The summed E-state index contributed by atoms with van der Waals surface area (Å²) in [5.41, 5.74) is 2.39. The fraction of sp³-hybridized carbons (Fsp3) is 0.647. The first-order valence-corrected chi connectivity index (χ1v) is 8.98. The van der Waals surface area contributed by atoms with Gasteiger partial charge in [0.25, 0.3) is 0 Å². The van der Waals surface area contributed by atoms with E-state index in [2.05, 4.69) is 20.6 Å². The predicted octanol–water partition coefficient (Wildman–Crippen LogP) is 2.08. The fourth-order valence-electron chi connectivity index (χ4n) is 3.95. The zero-order chi connectivity index (χ0) is 17.4. The molecule has 2 atom stereocenters. The van der Waals surface area contributed by atoms with E-state index < -0.39 is 0 Å². The molecule has 1 aliphatic carbocycles. The Morgan fingerprint density at radius 2 is 2.24 bits per heavy atom. The largest absolute Gasteiger partial charge is 0.340 e. The normalized spacial score (nSPS) is 23.4. The first-order valence-electron chi connectivity index (χ1n) is 8.98. The highest BCUT2D eigenvalue weighted by atomic mass is 16.5. The Morgan fingerprint density at radius 3 is 3.04 bits per heavy atom. The van der Waals surface area contributed by atoms with Gasteiger partial charge in [0.2, 0.25) is 5.89 Å². The summed E-state index contributed by atoms with van der Waals surface area (Å²) in [4.78, 5) is 19.0. The molecule has 0 spiro atoms. The molecule has 1 fully saturated rings. The number of hydrogen-bond acceptors (Lipinski definition) is 5. The second-order valence-corrected chi connectivity index (χ2v) is 7.02. The van der Waals surface area contributed by atoms with Crippen molar-refractivity contribution in [2.75, 3.05) is 13.1 Å². The van der Waals surface area contributed by atoms with Crippen molar-refractivity contribution in [2.45, 2.75) is 51.0 Å². The Hall–Kier alpha value is -2.38. The van der Waals surface area contributed by atoms with Crippen LogP contribution in [0.2, 0.25) is 0 Å². The molecule has 0 aromatic carbocycles. The molecule has 3 heterocycles. The van der Waals surface area contributed by atoms with E-state index >= 15 is 0 Å². The topological polar surface area (TPSA) is 89.1 Å². The number of hydrogen-bond donors (Lipinski definition) is 1. The highest BCUT2D eigenvalue weighted by Crippen LogP contribution is 2.30. The Bertz CT molecular complexity index is 767. The molecule has 134 valence electrons. The number of rotatable bonds is 2. The first-order chi connectivity index (χ1) is 12.1. The number of amides is 2. The lowest BCUT2D eigenvalue weighted by Gasteiger charge is -2.33. The van der Waals surface area contributed by atoms with Gasteiger partial charge in [0.1, 0.15) is 0 Å². The summed E-state index contributed by atoms with van der Waals surface area (Å²) in [5, 5.41) is 11.6. The minimum atomic E-state index is -0.00776. The van der Waals surface area contributed by atoms with E-state index in [4.69, 9.17) is 4.52 Å². The zero-order valence-corrected chi connectivity index (χ0v) is 14.7. The maximum absolute atomic E-state index is 12.8. The van der Waals surface area contributed by atoms with Crippen LogP contribution in [-0.2, 0) is 13.5 Å². The van der Waals surface area contributed by atoms with Crippen LogP contribution >= 0.6 is 0 Å². The number of piperidine rings is 1. The van der Waals surface area contributed by atoms with Crippen LogP contribution in [0.5, 0.6) is 0 Å². The highest BCUT2D eigenvalue weighted by Gasteiger charge is 2.30. The Morgan fingerprint density at radius 1 is 1.36 bits per heavy atom. The summed E-state index contributed by atoms with van der Waals surface area (Å²) < 4.78 is 7.01. The van der Waals surface area contributed by atoms with E-state index in [1.807, 2.05) is 22.8 Å².